The Morgan fingerprint density at radius 2 is 2.05 bits per heavy atom. The number of benzene rings is 2. The van der Waals surface area contributed by atoms with Gasteiger partial charge in [0.25, 0.3) is 0 Å². The van der Waals surface area contributed by atoms with E-state index in [4.69, 9.17) is 16.3 Å². The summed E-state index contributed by atoms with van der Waals surface area (Å²) in [5.74, 6) is 1.03. The smallest absolute Gasteiger partial charge is 0.127 e. The molecule has 0 spiro atoms. The second-order valence-electron chi connectivity index (χ2n) is 5.38. The van der Waals surface area contributed by atoms with E-state index in [1.165, 1.54) is 16.7 Å². The molecule has 1 atom stereocenters. The van der Waals surface area contributed by atoms with Gasteiger partial charge >= 0.3 is 0 Å². The maximum atomic E-state index is 6.29. The molecule has 0 fully saturated rings. The summed E-state index contributed by atoms with van der Waals surface area (Å²) in [6, 6.07) is 14.8. The van der Waals surface area contributed by atoms with Gasteiger partial charge in [-0.2, -0.15) is 0 Å². The predicted molar refractivity (Wildman–Crippen MR) is 87.2 cm³/mol. The molecule has 1 aliphatic heterocycles. The topological polar surface area (TPSA) is 21.3 Å². The molecule has 2 nitrogen and oxygen atoms in total. The van der Waals surface area contributed by atoms with E-state index in [1.54, 1.807) is 0 Å². The van der Waals surface area contributed by atoms with Crippen LogP contribution in [0.3, 0.4) is 0 Å². The number of fused-ring (bicyclic) bond motifs is 1. The minimum absolute atomic E-state index is 0.225. The van der Waals surface area contributed by atoms with Gasteiger partial charge in [-0.15, -0.1) is 0 Å². The molecule has 0 aromatic heterocycles. The van der Waals surface area contributed by atoms with E-state index in [0.29, 0.717) is 0 Å². The number of halogens is 1. The first-order valence-electron chi connectivity index (χ1n) is 7.50. The molecule has 0 amide bonds. The first-order valence-corrected chi connectivity index (χ1v) is 7.88. The lowest BCUT2D eigenvalue weighted by Crippen LogP contribution is -2.23. The van der Waals surface area contributed by atoms with Crippen LogP contribution in [-0.2, 0) is 12.8 Å². The van der Waals surface area contributed by atoms with Crippen molar-refractivity contribution in [1.82, 2.24) is 5.32 Å². The lowest BCUT2D eigenvalue weighted by atomic mass is 9.96. The average molecular weight is 302 g/mol. The second-order valence-corrected chi connectivity index (χ2v) is 5.82. The predicted octanol–water partition coefficient (Wildman–Crippen LogP) is 4.17. The average Bonchev–Trinajstić information content (AvgIpc) is 2.95. The van der Waals surface area contributed by atoms with Crippen LogP contribution >= 0.6 is 11.6 Å². The SMILES string of the molecule is CCNC(Cc1ccccc1)c1cc(Cl)cc2c1OCC2. The third-order valence-electron chi connectivity index (χ3n) is 3.89. The maximum Gasteiger partial charge on any atom is 0.127 e. The molecule has 110 valence electrons. The fourth-order valence-electron chi connectivity index (χ4n) is 2.95. The highest BCUT2D eigenvalue weighted by Crippen LogP contribution is 2.37. The van der Waals surface area contributed by atoms with E-state index in [9.17, 15) is 0 Å². The molecule has 2 aromatic carbocycles. The van der Waals surface area contributed by atoms with Crippen LogP contribution in [0.1, 0.15) is 29.7 Å². The summed E-state index contributed by atoms with van der Waals surface area (Å²) in [5.41, 5.74) is 3.73. The lowest BCUT2D eigenvalue weighted by molar-refractivity contribution is 0.348. The Bertz CT molecular complexity index is 612. The normalized spacial score (nSPS) is 14.6. The van der Waals surface area contributed by atoms with Gasteiger partial charge in [-0.3, -0.25) is 0 Å². The number of hydrogen-bond acceptors (Lipinski definition) is 2. The van der Waals surface area contributed by atoms with Crippen molar-refractivity contribution in [3.8, 4) is 5.75 Å². The first kappa shape index (κ1) is 14.4. The molecule has 0 aliphatic carbocycles. The Labute approximate surface area is 131 Å². The summed E-state index contributed by atoms with van der Waals surface area (Å²) >= 11 is 6.29. The highest BCUT2D eigenvalue weighted by Gasteiger charge is 2.23. The molecule has 1 aliphatic rings. The van der Waals surface area contributed by atoms with E-state index in [0.717, 1.165) is 36.8 Å². The fraction of sp³-hybridized carbons (Fsp3) is 0.333. The van der Waals surface area contributed by atoms with Crippen molar-refractivity contribution in [3.63, 3.8) is 0 Å². The van der Waals surface area contributed by atoms with Crippen LogP contribution in [0.15, 0.2) is 42.5 Å². The largest absolute Gasteiger partial charge is 0.493 e. The van der Waals surface area contributed by atoms with Gasteiger partial charge in [0, 0.05) is 23.0 Å². The highest BCUT2D eigenvalue weighted by molar-refractivity contribution is 6.30. The molecule has 0 saturated carbocycles. The van der Waals surface area contributed by atoms with Crippen LogP contribution in [0.4, 0.5) is 0 Å². The third-order valence-corrected chi connectivity index (χ3v) is 4.10. The molecule has 0 saturated heterocycles. The zero-order valence-electron chi connectivity index (χ0n) is 12.2. The molecular formula is C18H20ClNO. The quantitative estimate of drug-likeness (QED) is 0.895. The zero-order valence-corrected chi connectivity index (χ0v) is 13.0. The minimum atomic E-state index is 0.225. The number of hydrogen-bond donors (Lipinski definition) is 1. The zero-order chi connectivity index (χ0) is 14.7. The standard InChI is InChI=1S/C18H20ClNO/c1-2-20-17(10-13-6-4-3-5-7-13)16-12-15(19)11-14-8-9-21-18(14)16/h3-7,11-12,17,20H,2,8-10H2,1H3. The Hall–Kier alpha value is -1.51. The van der Waals surface area contributed by atoms with E-state index >= 15 is 0 Å². The van der Waals surface area contributed by atoms with Crippen LogP contribution < -0.4 is 10.1 Å². The monoisotopic (exact) mass is 301 g/mol. The second kappa shape index (κ2) is 6.50. The van der Waals surface area contributed by atoms with Gasteiger partial charge in [0.1, 0.15) is 5.75 Å². The fourth-order valence-corrected chi connectivity index (χ4v) is 3.19. The third kappa shape index (κ3) is 3.22. The van der Waals surface area contributed by atoms with E-state index in [-0.39, 0.29) is 6.04 Å². The molecule has 1 unspecified atom stereocenters. The van der Waals surface area contributed by atoms with Crippen LogP contribution in [0.2, 0.25) is 5.02 Å². The molecule has 3 heteroatoms. The summed E-state index contributed by atoms with van der Waals surface area (Å²) < 4.78 is 5.85. The summed E-state index contributed by atoms with van der Waals surface area (Å²) in [7, 11) is 0. The van der Waals surface area contributed by atoms with Crippen molar-refractivity contribution in [2.45, 2.75) is 25.8 Å². The number of likely N-dealkylation sites (N-methyl/N-ethyl adjacent to an activating group) is 1. The molecule has 3 rings (SSSR count). The lowest BCUT2D eigenvalue weighted by Gasteiger charge is -2.21. The Morgan fingerprint density at radius 3 is 2.81 bits per heavy atom. The Kier molecular flexibility index (Phi) is 4.47. The van der Waals surface area contributed by atoms with Crippen molar-refractivity contribution in [2.75, 3.05) is 13.2 Å². The van der Waals surface area contributed by atoms with Crippen LogP contribution in [-0.4, -0.2) is 13.2 Å². The summed E-state index contributed by atoms with van der Waals surface area (Å²) in [6.07, 6.45) is 1.89. The van der Waals surface area contributed by atoms with Gasteiger partial charge in [0.15, 0.2) is 0 Å². The molecule has 0 bridgehead atoms. The van der Waals surface area contributed by atoms with Crippen molar-refractivity contribution in [3.05, 3.63) is 64.2 Å². The van der Waals surface area contributed by atoms with Crippen molar-refractivity contribution in [2.24, 2.45) is 0 Å². The van der Waals surface area contributed by atoms with Crippen LogP contribution in [0.5, 0.6) is 5.75 Å². The van der Waals surface area contributed by atoms with Crippen molar-refractivity contribution in [1.29, 1.82) is 0 Å². The van der Waals surface area contributed by atoms with Crippen molar-refractivity contribution < 1.29 is 4.74 Å². The van der Waals surface area contributed by atoms with E-state index in [2.05, 4.69) is 36.5 Å². The molecule has 1 N–H and O–H groups in total. The number of nitrogens with one attached hydrogen (secondary N) is 1. The van der Waals surface area contributed by atoms with Gasteiger partial charge in [0.2, 0.25) is 0 Å². The maximum absolute atomic E-state index is 6.29. The summed E-state index contributed by atoms with van der Waals surface area (Å²) in [4.78, 5) is 0. The molecule has 2 aromatic rings. The highest BCUT2D eigenvalue weighted by atomic mass is 35.5. The summed E-state index contributed by atoms with van der Waals surface area (Å²) in [6.45, 7) is 3.80. The van der Waals surface area contributed by atoms with Crippen molar-refractivity contribution >= 4 is 11.6 Å². The molecular weight excluding hydrogens is 282 g/mol. The number of ether oxygens (including phenoxy) is 1. The van der Waals surface area contributed by atoms with E-state index < -0.39 is 0 Å². The minimum Gasteiger partial charge on any atom is -0.493 e. The summed E-state index contributed by atoms with van der Waals surface area (Å²) in [5, 5.41) is 4.36. The Balaban J connectivity index is 1.94. The van der Waals surface area contributed by atoms with Gasteiger partial charge in [-0.05, 0) is 36.2 Å². The number of rotatable bonds is 5. The van der Waals surface area contributed by atoms with Gasteiger partial charge in [-0.1, -0.05) is 48.9 Å². The van der Waals surface area contributed by atoms with Crippen LogP contribution in [0, 0.1) is 0 Å². The molecule has 1 heterocycles. The molecule has 0 radical (unpaired) electrons. The van der Waals surface area contributed by atoms with Gasteiger partial charge < -0.3 is 10.1 Å². The van der Waals surface area contributed by atoms with Gasteiger partial charge in [0.05, 0.1) is 6.61 Å². The van der Waals surface area contributed by atoms with Gasteiger partial charge in [-0.25, -0.2) is 0 Å². The Morgan fingerprint density at radius 1 is 1.24 bits per heavy atom. The van der Waals surface area contributed by atoms with Crippen LogP contribution in [0.25, 0.3) is 0 Å². The first-order chi connectivity index (χ1) is 10.3. The molecule has 21 heavy (non-hydrogen) atoms. The van der Waals surface area contributed by atoms with E-state index in [1.807, 2.05) is 18.2 Å².